The molecule has 5 rings (SSSR count). The van der Waals surface area contributed by atoms with Crippen molar-refractivity contribution in [3.63, 3.8) is 0 Å². The van der Waals surface area contributed by atoms with Gasteiger partial charge in [0.1, 0.15) is 0 Å². The highest BCUT2D eigenvalue weighted by Gasteiger charge is 2.53. The number of rotatable bonds is 10. The predicted molar refractivity (Wildman–Crippen MR) is 170 cm³/mol. The van der Waals surface area contributed by atoms with Crippen LogP contribution in [0, 0.1) is 12.8 Å². The van der Waals surface area contributed by atoms with Crippen LogP contribution < -0.4 is 10.4 Å². The van der Waals surface area contributed by atoms with Crippen molar-refractivity contribution in [1.82, 2.24) is 4.31 Å². The minimum atomic E-state index is -4.12. The summed E-state index contributed by atoms with van der Waals surface area (Å²) < 4.78 is 48.2. The average Bonchev–Trinajstić information content (AvgIpc) is 3.56. The quantitative estimate of drug-likeness (QED) is 0.296. The summed E-state index contributed by atoms with van der Waals surface area (Å²) in [6.45, 7) is 11.5. The van der Waals surface area contributed by atoms with Gasteiger partial charge in [-0.05, 0) is 53.7 Å². The number of hydrogen-bond acceptors (Lipinski definition) is 6. The highest BCUT2D eigenvalue weighted by Crippen LogP contribution is 2.40. The molecule has 230 valence electrons. The van der Waals surface area contributed by atoms with Gasteiger partial charge in [-0.15, -0.1) is 0 Å². The van der Waals surface area contributed by atoms with Crippen LogP contribution in [0.2, 0.25) is 5.04 Å². The van der Waals surface area contributed by atoms with E-state index in [2.05, 4.69) is 45.0 Å². The van der Waals surface area contributed by atoms with Crippen LogP contribution in [-0.2, 0) is 28.7 Å². The fraction of sp³-hybridized carbons (Fsp3) is 0.441. The van der Waals surface area contributed by atoms with Gasteiger partial charge in [0.05, 0.1) is 30.8 Å². The fourth-order valence-corrected chi connectivity index (χ4v) is 12.8. The molecule has 2 saturated heterocycles. The first-order valence-corrected chi connectivity index (χ1v) is 18.4. The lowest BCUT2D eigenvalue weighted by molar-refractivity contribution is -0.149. The molecule has 0 aliphatic carbocycles. The van der Waals surface area contributed by atoms with Gasteiger partial charge in [0.2, 0.25) is 5.91 Å². The Morgan fingerprint density at radius 1 is 0.907 bits per heavy atom. The molecule has 0 unspecified atom stereocenters. The number of hydrogen-bond donors (Lipinski definition) is 0. The zero-order valence-corrected chi connectivity index (χ0v) is 27.6. The molecule has 1 amide bonds. The second kappa shape index (κ2) is 12.3. The van der Waals surface area contributed by atoms with E-state index in [1.165, 1.54) is 0 Å². The summed E-state index contributed by atoms with van der Waals surface area (Å²) in [5, 5.41) is 1.90. The van der Waals surface area contributed by atoms with Crippen LogP contribution in [0.5, 0.6) is 0 Å². The summed E-state index contributed by atoms with van der Waals surface area (Å²) in [5.41, 5.74) is 0.945. The van der Waals surface area contributed by atoms with Gasteiger partial charge >= 0.3 is 0 Å². The molecule has 0 aromatic heterocycles. The number of carbonyl (C=O) groups is 1. The highest BCUT2D eigenvalue weighted by molar-refractivity contribution is 7.89. The maximum Gasteiger partial charge on any atom is 0.266 e. The van der Waals surface area contributed by atoms with Gasteiger partial charge in [-0.25, -0.2) is 12.7 Å². The summed E-state index contributed by atoms with van der Waals surface area (Å²) in [6.07, 6.45) is 1.24. The third-order valence-electron chi connectivity index (χ3n) is 8.86. The van der Waals surface area contributed by atoms with E-state index in [4.69, 9.17) is 13.9 Å². The van der Waals surface area contributed by atoms with Crippen molar-refractivity contribution >= 4 is 34.6 Å². The van der Waals surface area contributed by atoms with Crippen LogP contribution in [0.4, 0.5) is 0 Å². The third kappa shape index (κ3) is 6.24. The number of aryl methyl sites for hydroxylation is 1. The lowest BCUT2D eigenvalue weighted by atomic mass is 9.93. The molecule has 3 aromatic carbocycles. The topological polar surface area (TPSA) is 82.1 Å². The molecule has 9 heteroatoms. The van der Waals surface area contributed by atoms with E-state index >= 15 is 0 Å². The number of ether oxygens (including phenoxy) is 2. The first-order chi connectivity index (χ1) is 20.4. The van der Waals surface area contributed by atoms with E-state index in [0.717, 1.165) is 20.2 Å². The Morgan fingerprint density at radius 2 is 1.44 bits per heavy atom. The van der Waals surface area contributed by atoms with Crippen LogP contribution in [0.25, 0.3) is 0 Å². The van der Waals surface area contributed by atoms with E-state index in [-0.39, 0.29) is 28.9 Å². The van der Waals surface area contributed by atoms with Gasteiger partial charge in [0.15, 0.2) is 5.79 Å². The molecule has 2 aliphatic rings. The first kappa shape index (κ1) is 31.6. The van der Waals surface area contributed by atoms with Crippen molar-refractivity contribution in [3.8, 4) is 0 Å². The summed E-state index contributed by atoms with van der Waals surface area (Å²) in [5.74, 6) is -1.40. The molecule has 0 N–H and O–H groups in total. The Kier molecular flexibility index (Phi) is 9.03. The van der Waals surface area contributed by atoms with Crippen molar-refractivity contribution in [2.24, 2.45) is 5.92 Å². The summed E-state index contributed by atoms with van der Waals surface area (Å²) in [4.78, 5) is 13.8. The van der Waals surface area contributed by atoms with E-state index in [1.807, 2.05) is 50.2 Å². The molecule has 0 saturated carbocycles. The zero-order chi connectivity index (χ0) is 30.9. The van der Waals surface area contributed by atoms with Gasteiger partial charge < -0.3 is 13.9 Å². The molecule has 2 heterocycles. The molecule has 0 radical (unpaired) electrons. The molecule has 2 aliphatic heterocycles. The van der Waals surface area contributed by atoms with Crippen molar-refractivity contribution in [2.75, 3.05) is 19.8 Å². The molecule has 3 aromatic rings. The number of amides is 1. The molecular weight excluding hydrogens is 579 g/mol. The maximum atomic E-state index is 14.1. The predicted octanol–water partition coefficient (Wildman–Crippen LogP) is 5.02. The summed E-state index contributed by atoms with van der Waals surface area (Å²) in [6, 6.07) is 26.5. The van der Waals surface area contributed by atoms with Gasteiger partial charge in [0, 0.05) is 12.8 Å². The van der Waals surface area contributed by atoms with Crippen molar-refractivity contribution in [1.29, 1.82) is 0 Å². The minimum Gasteiger partial charge on any atom is -0.405 e. The van der Waals surface area contributed by atoms with Crippen molar-refractivity contribution < 1.29 is 27.1 Å². The van der Waals surface area contributed by atoms with Gasteiger partial charge in [0.25, 0.3) is 18.3 Å². The molecule has 0 spiro atoms. The van der Waals surface area contributed by atoms with Crippen LogP contribution in [-0.4, -0.2) is 58.6 Å². The van der Waals surface area contributed by atoms with E-state index in [9.17, 15) is 13.2 Å². The van der Waals surface area contributed by atoms with Gasteiger partial charge in [-0.2, -0.15) is 0 Å². The third-order valence-corrected chi connectivity index (χ3v) is 15.7. The summed E-state index contributed by atoms with van der Waals surface area (Å²) in [7, 11) is -7.10. The monoisotopic (exact) mass is 621 g/mol. The Balaban J connectivity index is 1.56. The SMILES string of the molecule is Cc1ccc(S(=O)(=O)N2C(=O)C[C@H](CCC3(C)OCCO3)[C@H]2CO[Si](c2ccccc2)(c2ccccc2)C(C)(C)C)cc1. The largest absolute Gasteiger partial charge is 0.405 e. The molecular formula is C34H43NO6SSi. The summed E-state index contributed by atoms with van der Waals surface area (Å²) >= 11 is 0. The molecule has 2 atom stereocenters. The van der Waals surface area contributed by atoms with Crippen molar-refractivity contribution in [3.05, 3.63) is 90.5 Å². The zero-order valence-electron chi connectivity index (χ0n) is 25.8. The minimum absolute atomic E-state index is 0.0905. The van der Waals surface area contributed by atoms with Crippen LogP contribution in [0.3, 0.4) is 0 Å². The first-order valence-electron chi connectivity index (χ1n) is 15.0. The van der Waals surface area contributed by atoms with Gasteiger partial charge in [-0.1, -0.05) is 99.1 Å². The van der Waals surface area contributed by atoms with Crippen LogP contribution >= 0.6 is 0 Å². The Bertz CT molecular complexity index is 1460. The Morgan fingerprint density at radius 3 is 1.95 bits per heavy atom. The molecule has 2 fully saturated rings. The Labute approximate surface area is 257 Å². The molecule has 0 bridgehead atoms. The number of benzene rings is 3. The average molecular weight is 622 g/mol. The second-order valence-electron chi connectivity index (χ2n) is 12.9. The fourth-order valence-electron chi connectivity index (χ4n) is 6.58. The van der Waals surface area contributed by atoms with E-state index in [1.54, 1.807) is 24.3 Å². The Hall–Kier alpha value is -2.82. The van der Waals surface area contributed by atoms with E-state index < -0.39 is 36.1 Å². The smallest absolute Gasteiger partial charge is 0.266 e. The second-order valence-corrected chi connectivity index (χ2v) is 19.0. The lowest BCUT2D eigenvalue weighted by Crippen LogP contribution is -2.67. The number of carbonyl (C=O) groups excluding carboxylic acids is 1. The highest BCUT2D eigenvalue weighted by atomic mass is 32.2. The molecule has 7 nitrogen and oxygen atoms in total. The van der Waals surface area contributed by atoms with E-state index in [0.29, 0.717) is 26.1 Å². The molecule has 43 heavy (non-hydrogen) atoms. The van der Waals surface area contributed by atoms with Gasteiger partial charge in [-0.3, -0.25) is 4.79 Å². The number of sulfonamides is 1. The number of nitrogens with zero attached hydrogens (tertiary/aromatic N) is 1. The van der Waals surface area contributed by atoms with Crippen LogP contribution in [0.1, 0.15) is 52.5 Å². The van der Waals surface area contributed by atoms with Crippen LogP contribution in [0.15, 0.2) is 89.8 Å². The normalized spacial score (nSPS) is 21.0. The van der Waals surface area contributed by atoms with Crippen molar-refractivity contribution in [2.45, 2.75) is 75.6 Å². The lowest BCUT2D eigenvalue weighted by Gasteiger charge is -2.44. The standard InChI is InChI=1S/C34H43NO6SSi/c1-26-16-18-28(19-17-26)42(37,38)35-31(27(24-32(35)36)20-21-34(5)39-22-23-40-34)25-41-43(33(2,3)4,29-12-8-6-9-13-29)30-14-10-7-11-15-30/h6-19,27,31H,20-25H2,1-5H3/t27-,31+/m0/s1. The maximum absolute atomic E-state index is 14.1.